The first-order chi connectivity index (χ1) is 9.55. The van der Waals surface area contributed by atoms with E-state index in [-0.39, 0.29) is 12.6 Å². The van der Waals surface area contributed by atoms with E-state index in [4.69, 9.17) is 0 Å². The third kappa shape index (κ3) is 3.01. The molecule has 0 bridgehead atoms. The number of nitrogens with zero attached hydrogens (tertiary/aromatic N) is 1. The van der Waals surface area contributed by atoms with Gasteiger partial charge in [-0.3, -0.25) is 0 Å². The Morgan fingerprint density at radius 3 is 2.75 bits per heavy atom. The van der Waals surface area contributed by atoms with Crippen molar-refractivity contribution >= 4 is 15.9 Å². The van der Waals surface area contributed by atoms with E-state index in [0.29, 0.717) is 24.4 Å². The Bertz CT molecular complexity index is 584. The van der Waals surface area contributed by atoms with E-state index in [0.717, 1.165) is 0 Å². The summed E-state index contributed by atoms with van der Waals surface area (Å²) in [7, 11) is -3.37. The fourth-order valence-electron chi connectivity index (χ4n) is 2.24. The largest absolute Gasteiger partial charge is 0.335 e. The molecule has 1 fully saturated rings. The van der Waals surface area contributed by atoms with E-state index in [1.54, 1.807) is 36.4 Å². The molecule has 5 nitrogen and oxygen atoms in total. The summed E-state index contributed by atoms with van der Waals surface area (Å²) in [5, 5.41) is 2.13. The molecule has 1 unspecified atom stereocenters. The number of rotatable bonds is 4. The lowest BCUT2D eigenvalue weighted by Gasteiger charge is -2.17. The Hall–Kier alpha value is -1.82. The van der Waals surface area contributed by atoms with Gasteiger partial charge >= 0.3 is 6.03 Å². The van der Waals surface area contributed by atoms with Gasteiger partial charge in [-0.15, -0.1) is 6.58 Å². The van der Waals surface area contributed by atoms with Crippen LogP contribution in [0.4, 0.5) is 4.79 Å². The van der Waals surface area contributed by atoms with Crippen molar-refractivity contribution in [1.29, 1.82) is 0 Å². The smallest absolute Gasteiger partial charge is 0.317 e. The van der Waals surface area contributed by atoms with Crippen molar-refractivity contribution < 1.29 is 13.2 Å². The van der Waals surface area contributed by atoms with Gasteiger partial charge in [0, 0.05) is 19.6 Å². The summed E-state index contributed by atoms with van der Waals surface area (Å²) in [4.78, 5) is 13.6. The molecule has 20 heavy (non-hydrogen) atoms. The summed E-state index contributed by atoms with van der Waals surface area (Å²) in [5.41, 5.74) is 0. The van der Waals surface area contributed by atoms with E-state index in [2.05, 4.69) is 11.9 Å². The van der Waals surface area contributed by atoms with Crippen molar-refractivity contribution in [2.75, 3.05) is 19.6 Å². The number of likely N-dealkylation sites (tertiary alicyclic amines) is 1. The molecular weight excluding hydrogens is 276 g/mol. The summed E-state index contributed by atoms with van der Waals surface area (Å²) >= 11 is 0. The highest BCUT2D eigenvalue weighted by Crippen LogP contribution is 2.23. The molecule has 0 aromatic heterocycles. The molecule has 1 atom stereocenters. The number of carbonyl (C=O) groups excluding carboxylic acids is 1. The number of hydrogen-bond acceptors (Lipinski definition) is 3. The molecule has 2 amide bonds. The Labute approximate surface area is 119 Å². The molecule has 0 aliphatic carbocycles. The maximum atomic E-state index is 12.4. The van der Waals surface area contributed by atoms with Crippen molar-refractivity contribution in [3.8, 4) is 0 Å². The highest BCUT2D eigenvalue weighted by molar-refractivity contribution is 7.92. The van der Waals surface area contributed by atoms with Crippen LogP contribution in [0.1, 0.15) is 6.42 Å². The van der Waals surface area contributed by atoms with Crippen LogP contribution in [0.5, 0.6) is 0 Å². The molecule has 108 valence electrons. The molecule has 0 saturated carbocycles. The molecule has 1 aromatic rings. The van der Waals surface area contributed by atoms with Crippen molar-refractivity contribution in [2.45, 2.75) is 16.6 Å². The van der Waals surface area contributed by atoms with Gasteiger partial charge in [0.1, 0.15) is 0 Å². The van der Waals surface area contributed by atoms with Crippen molar-refractivity contribution in [2.24, 2.45) is 0 Å². The monoisotopic (exact) mass is 294 g/mol. The Morgan fingerprint density at radius 2 is 2.10 bits per heavy atom. The van der Waals surface area contributed by atoms with E-state index in [1.165, 1.54) is 4.90 Å². The number of urea groups is 1. The average Bonchev–Trinajstić information content (AvgIpc) is 2.96. The van der Waals surface area contributed by atoms with Crippen LogP contribution < -0.4 is 5.32 Å². The molecule has 1 aromatic carbocycles. The predicted molar refractivity (Wildman–Crippen MR) is 77.2 cm³/mol. The SMILES string of the molecule is C=CCNC(=O)N1CCC(S(=O)(=O)c2ccccc2)C1. The minimum atomic E-state index is -3.37. The average molecular weight is 294 g/mol. The van der Waals surface area contributed by atoms with Gasteiger partial charge in [0.2, 0.25) is 0 Å². The summed E-state index contributed by atoms with van der Waals surface area (Å²) in [6.07, 6.45) is 2.06. The van der Waals surface area contributed by atoms with Crippen LogP contribution in [0.3, 0.4) is 0 Å². The van der Waals surface area contributed by atoms with Crippen molar-refractivity contribution in [1.82, 2.24) is 10.2 Å². The molecule has 0 spiro atoms. The third-order valence-electron chi connectivity index (χ3n) is 3.34. The summed E-state index contributed by atoms with van der Waals surface area (Å²) < 4.78 is 24.9. The lowest BCUT2D eigenvalue weighted by Crippen LogP contribution is -2.39. The van der Waals surface area contributed by atoms with Crippen LogP contribution in [0, 0.1) is 0 Å². The molecule has 1 aliphatic rings. The van der Waals surface area contributed by atoms with Gasteiger partial charge in [-0.25, -0.2) is 13.2 Å². The Morgan fingerprint density at radius 1 is 1.40 bits per heavy atom. The second-order valence-corrected chi connectivity index (χ2v) is 6.92. The van der Waals surface area contributed by atoms with Gasteiger partial charge in [-0.1, -0.05) is 24.3 Å². The lowest BCUT2D eigenvalue weighted by atomic mass is 10.4. The van der Waals surface area contributed by atoms with Crippen LogP contribution in [-0.4, -0.2) is 44.2 Å². The minimum Gasteiger partial charge on any atom is -0.335 e. The van der Waals surface area contributed by atoms with Crippen molar-refractivity contribution in [3.05, 3.63) is 43.0 Å². The fourth-order valence-corrected chi connectivity index (χ4v) is 3.95. The summed E-state index contributed by atoms with van der Waals surface area (Å²) in [6, 6.07) is 8.14. The van der Waals surface area contributed by atoms with E-state index >= 15 is 0 Å². The minimum absolute atomic E-state index is 0.236. The first-order valence-corrected chi connectivity index (χ1v) is 8.03. The van der Waals surface area contributed by atoms with Crippen LogP contribution in [0.2, 0.25) is 0 Å². The number of amides is 2. The first-order valence-electron chi connectivity index (χ1n) is 6.48. The fraction of sp³-hybridized carbons (Fsp3) is 0.357. The molecule has 0 radical (unpaired) electrons. The molecule has 1 saturated heterocycles. The van der Waals surface area contributed by atoms with Crippen LogP contribution in [-0.2, 0) is 9.84 Å². The van der Waals surface area contributed by atoms with E-state index < -0.39 is 15.1 Å². The van der Waals surface area contributed by atoms with Gasteiger partial charge in [0.15, 0.2) is 9.84 Å². The first kappa shape index (κ1) is 14.6. The molecule has 1 aliphatic heterocycles. The third-order valence-corrected chi connectivity index (χ3v) is 5.53. The molecule has 1 heterocycles. The quantitative estimate of drug-likeness (QED) is 0.854. The lowest BCUT2D eigenvalue weighted by molar-refractivity contribution is 0.210. The molecule has 1 N–H and O–H groups in total. The molecule has 6 heteroatoms. The maximum Gasteiger partial charge on any atom is 0.317 e. The van der Waals surface area contributed by atoms with Crippen LogP contribution in [0.25, 0.3) is 0 Å². The van der Waals surface area contributed by atoms with Gasteiger partial charge < -0.3 is 10.2 Å². The maximum absolute atomic E-state index is 12.4. The standard InChI is InChI=1S/C14H18N2O3S/c1-2-9-15-14(17)16-10-8-13(11-16)20(18,19)12-6-4-3-5-7-12/h2-7,13H,1,8-11H2,(H,15,17). The summed E-state index contributed by atoms with van der Waals surface area (Å²) in [6.45, 7) is 4.60. The van der Waals surface area contributed by atoms with Gasteiger partial charge in [-0.05, 0) is 18.6 Å². The Balaban J connectivity index is 2.06. The van der Waals surface area contributed by atoms with Crippen molar-refractivity contribution in [3.63, 3.8) is 0 Å². The zero-order valence-electron chi connectivity index (χ0n) is 11.2. The zero-order chi connectivity index (χ0) is 14.6. The second kappa shape index (κ2) is 6.09. The number of sulfone groups is 1. The van der Waals surface area contributed by atoms with Gasteiger partial charge in [0.05, 0.1) is 10.1 Å². The van der Waals surface area contributed by atoms with E-state index in [1.807, 2.05) is 0 Å². The van der Waals surface area contributed by atoms with Gasteiger partial charge in [0.25, 0.3) is 0 Å². The molecule has 2 rings (SSSR count). The van der Waals surface area contributed by atoms with Crippen LogP contribution >= 0.6 is 0 Å². The number of nitrogens with one attached hydrogen (secondary N) is 1. The number of benzene rings is 1. The predicted octanol–water partition coefficient (Wildman–Crippen LogP) is 1.43. The van der Waals surface area contributed by atoms with Gasteiger partial charge in [-0.2, -0.15) is 0 Å². The second-order valence-electron chi connectivity index (χ2n) is 4.69. The highest BCUT2D eigenvalue weighted by atomic mass is 32.2. The molecular formula is C14H18N2O3S. The van der Waals surface area contributed by atoms with E-state index in [9.17, 15) is 13.2 Å². The number of hydrogen-bond donors (Lipinski definition) is 1. The Kier molecular flexibility index (Phi) is 4.44. The summed E-state index contributed by atoms with van der Waals surface area (Å²) in [5.74, 6) is 0. The highest BCUT2D eigenvalue weighted by Gasteiger charge is 2.35. The normalized spacial score (nSPS) is 18.8. The topological polar surface area (TPSA) is 66.5 Å². The van der Waals surface area contributed by atoms with Crippen LogP contribution in [0.15, 0.2) is 47.9 Å². The number of carbonyl (C=O) groups is 1. The zero-order valence-corrected chi connectivity index (χ0v) is 12.0.